The lowest BCUT2D eigenvalue weighted by molar-refractivity contribution is -0.127. The molecule has 1 N–H and O–H groups in total. The summed E-state index contributed by atoms with van der Waals surface area (Å²) in [5, 5.41) is 2.93. The number of ether oxygens (including phenoxy) is 3. The Kier molecular flexibility index (Phi) is 6.78. The number of anilines is 1. The van der Waals surface area contributed by atoms with E-state index in [-0.39, 0.29) is 18.4 Å². The molecule has 1 aliphatic rings. The second kappa shape index (κ2) is 10.1. The van der Waals surface area contributed by atoms with Gasteiger partial charge in [-0.05, 0) is 36.2 Å². The van der Waals surface area contributed by atoms with Crippen LogP contribution >= 0.6 is 0 Å². The zero-order chi connectivity index (χ0) is 23.2. The van der Waals surface area contributed by atoms with Crippen LogP contribution < -0.4 is 24.4 Å². The molecule has 0 unspecified atom stereocenters. The summed E-state index contributed by atoms with van der Waals surface area (Å²) in [6, 6.07) is 22.1. The maximum atomic E-state index is 13.5. The Morgan fingerprint density at radius 2 is 1.64 bits per heavy atom. The van der Waals surface area contributed by atoms with Crippen LogP contribution in [0.15, 0.2) is 72.8 Å². The Labute approximate surface area is 192 Å². The molecule has 4 rings (SSSR count). The number of amides is 2. The highest BCUT2D eigenvalue weighted by Gasteiger charge is 2.34. The zero-order valence-corrected chi connectivity index (χ0v) is 18.6. The minimum atomic E-state index is -0.827. The van der Waals surface area contributed by atoms with Gasteiger partial charge in [0.1, 0.15) is 17.2 Å². The fourth-order valence-corrected chi connectivity index (χ4v) is 3.74. The molecule has 33 heavy (non-hydrogen) atoms. The highest BCUT2D eigenvalue weighted by molar-refractivity contribution is 6.08. The summed E-state index contributed by atoms with van der Waals surface area (Å²) in [6.07, 6.45) is -0.116. The average Bonchev–Trinajstić information content (AvgIpc) is 2.87. The van der Waals surface area contributed by atoms with Crippen molar-refractivity contribution in [3.63, 3.8) is 0 Å². The Morgan fingerprint density at radius 3 is 2.33 bits per heavy atom. The second-order valence-electron chi connectivity index (χ2n) is 7.62. The first kappa shape index (κ1) is 22.2. The Hall–Kier alpha value is -4.00. The van der Waals surface area contributed by atoms with Gasteiger partial charge in [-0.1, -0.05) is 42.5 Å². The molecule has 170 valence electrons. The average molecular weight is 447 g/mol. The lowest BCUT2D eigenvalue weighted by atomic mass is 10.1. The van der Waals surface area contributed by atoms with Crippen LogP contribution in [0.5, 0.6) is 17.2 Å². The molecule has 1 atom stereocenters. The monoisotopic (exact) mass is 446 g/mol. The largest absolute Gasteiger partial charge is 0.497 e. The molecule has 0 bridgehead atoms. The number of nitrogens with one attached hydrogen (secondary N) is 1. The summed E-state index contributed by atoms with van der Waals surface area (Å²) >= 11 is 0. The first-order chi connectivity index (χ1) is 16.1. The Balaban J connectivity index is 1.53. The molecule has 0 aliphatic carbocycles. The van der Waals surface area contributed by atoms with Crippen molar-refractivity contribution < 1.29 is 23.8 Å². The van der Waals surface area contributed by atoms with E-state index >= 15 is 0 Å². The van der Waals surface area contributed by atoms with Crippen molar-refractivity contribution in [1.82, 2.24) is 5.32 Å². The van der Waals surface area contributed by atoms with Crippen molar-refractivity contribution in [3.8, 4) is 17.2 Å². The predicted octanol–water partition coefficient (Wildman–Crippen LogP) is 3.47. The molecular formula is C26H26N2O5. The molecular weight excluding hydrogens is 420 g/mol. The normalized spacial score (nSPS) is 14.6. The number of nitrogens with zero attached hydrogens (tertiary/aromatic N) is 1. The third-order valence-corrected chi connectivity index (χ3v) is 5.47. The smallest absolute Gasteiger partial charge is 0.262 e. The van der Waals surface area contributed by atoms with Gasteiger partial charge in [-0.2, -0.15) is 0 Å². The van der Waals surface area contributed by atoms with Crippen molar-refractivity contribution in [2.75, 3.05) is 32.2 Å². The van der Waals surface area contributed by atoms with Gasteiger partial charge < -0.3 is 24.4 Å². The van der Waals surface area contributed by atoms with Crippen LogP contribution in [0.2, 0.25) is 0 Å². The molecule has 7 nitrogen and oxygen atoms in total. The van der Waals surface area contributed by atoms with E-state index in [1.165, 1.54) is 14.2 Å². The molecule has 3 aromatic rings. The fraction of sp³-hybridized carbons (Fsp3) is 0.231. The number of hydrogen-bond acceptors (Lipinski definition) is 5. The highest BCUT2D eigenvalue weighted by Crippen LogP contribution is 2.35. The minimum absolute atomic E-state index is 0.0898. The molecule has 1 aliphatic heterocycles. The van der Waals surface area contributed by atoms with Crippen LogP contribution in [0.4, 0.5) is 5.69 Å². The van der Waals surface area contributed by atoms with Crippen molar-refractivity contribution in [2.24, 2.45) is 0 Å². The van der Waals surface area contributed by atoms with E-state index < -0.39 is 6.10 Å². The van der Waals surface area contributed by atoms with E-state index in [9.17, 15) is 9.59 Å². The van der Waals surface area contributed by atoms with Crippen molar-refractivity contribution in [1.29, 1.82) is 0 Å². The lowest BCUT2D eigenvalue weighted by Crippen LogP contribution is -2.51. The van der Waals surface area contributed by atoms with Crippen LogP contribution in [-0.4, -0.2) is 45.2 Å². The first-order valence-corrected chi connectivity index (χ1v) is 10.7. The maximum Gasteiger partial charge on any atom is 0.262 e. The van der Waals surface area contributed by atoms with Gasteiger partial charge >= 0.3 is 0 Å². The number of rotatable bonds is 7. The van der Waals surface area contributed by atoms with Crippen LogP contribution in [-0.2, 0) is 11.2 Å². The van der Waals surface area contributed by atoms with E-state index in [0.29, 0.717) is 41.5 Å². The van der Waals surface area contributed by atoms with E-state index in [4.69, 9.17) is 14.2 Å². The lowest BCUT2D eigenvalue weighted by Gasteiger charge is -2.34. The SMILES string of the molecule is COc1cc(OC)cc(C(=O)N2C[C@H](C(=O)NCCc3ccccc3)Oc3ccccc32)c1. The van der Waals surface area contributed by atoms with Crippen LogP contribution in [0.3, 0.4) is 0 Å². The summed E-state index contributed by atoms with van der Waals surface area (Å²) in [5.41, 5.74) is 2.14. The molecule has 0 fully saturated rings. The van der Waals surface area contributed by atoms with Gasteiger partial charge in [0, 0.05) is 18.2 Å². The summed E-state index contributed by atoms with van der Waals surface area (Å²) < 4.78 is 16.6. The van der Waals surface area contributed by atoms with Crippen molar-refractivity contribution >= 4 is 17.5 Å². The van der Waals surface area contributed by atoms with E-state index in [2.05, 4.69) is 5.32 Å². The molecule has 0 saturated heterocycles. The van der Waals surface area contributed by atoms with Crippen molar-refractivity contribution in [3.05, 3.63) is 83.9 Å². The van der Waals surface area contributed by atoms with Crippen LogP contribution in [0, 0.1) is 0 Å². The zero-order valence-electron chi connectivity index (χ0n) is 18.6. The maximum absolute atomic E-state index is 13.5. The molecule has 0 spiro atoms. The molecule has 0 saturated carbocycles. The highest BCUT2D eigenvalue weighted by atomic mass is 16.5. The van der Waals surface area contributed by atoms with Crippen LogP contribution in [0.1, 0.15) is 15.9 Å². The number of carbonyl (C=O) groups excluding carboxylic acids is 2. The van der Waals surface area contributed by atoms with Gasteiger partial charge in [-0.25, -0.2) is 0 Å². The third-order valence-electron chi connectivity index (χ3n) is 5.47. The molecule has 0 aromatic heterocycles. The molecule has 3 aromatic carbocycles. The minimum Gasteiger partial charge on any atom is -0.497 e. The summed E-state index contributed by atoms with van der Waals surface area (Å²) in [7, 11) is 3.06. The second-order valence-corrected chi connectivity index (χ2v) is 7.62. The number of carbonyl (C=O) groups is 2. The third kappa shape index (κ3) is 5.09. The standard InChI is InChI=1S/C26H26N2O5/c1-31-20-14-19(15-21(16-20)32-2)26(30)28-17-24(33-23-11-7-6-10-22(23)28)25(29)27-13-12-18-8-4-3-5-9-18/h3-11,14-16,24H,12-13,17H2,1-2H3,(H,27,29)/t24-/m1/s1. The van der Waals surface area contributed by atoms with E-state index in [1.54, 1.807) is 35.2 Å². The number of methoxy groups -OCH3 is 2. The van der Waals surface area contributed by atoms with Gasteiger partial charge in [0.05, 0.1) is 26.5 Å². The molecule has 7 heteroatoms. The number of fused-ring (bicyclic) bond motifs is 1. The molecule has 2 amide bonds. The molecule has 1 heterocycles. The summed E-state index contributed by atoms with van der Waals surface area (Å²) in [6.45, 7) is 0.567. The van der Waals surface area contributed by atoms with Gasteiger partial charge in [0.25, 0.3) is 11.8 Å². The van der Waals surface area contributed by atoms with Gasteiger partial charge in [0.2, 0.25) is 0 Å². The quantitative estimate of drug-likeness (QED) is 0.601. The van der Waals surface area contributed by atoms with Gasteiger partial charge in [0.15, 0.2) is 6.10 Å². The molecule has 0 radical (unpaired) electrons. The summed E-state index contributed by atoms with van der Waals surface area (Å²) in [4.78, 5) is 27.9. The number of para-hydroxylation sites is 2. The summed E-state index contributed by atoms with van der Waals surface area (Å²) in [5.74, 6) is 0.963. The first-order valence-electron chi connectivity index (χ1n) is 10.7. The Bertz CT molecular complexity index is 1110. The van der Waals surface area contributed by atoms with Gasteiger partial charge in [-0.15, -0.1) is 0 Å². The van der Waals surface area contributed by atoms with Crippen molar-refractivity contribution in [2.45, 2.75) is 12.5 Å². The van der Waals surface area contributed by atoms with Crippen LogP contribution in [0.25, 0.3) is 0 Å². The van der Waals surface area contributed by atoms with E-state index in [1.807, 2.05) is 42.5 Å². The van der Waals surface area contributed by atoms with Gasteiger partial charge in [-0.3, -0.25) is 9.59 Å². The topological polar surface area (TPSA) is 77.1 Å². The number of hydrogen-bond donors (Lipinski definition) is 1. The van der Waals surface area contributed by atoms with E-state index in [0.717, 1.165) is 5.56 Å². The predicted molar refractivity (Wildman–Crippen MR) is 125 cm³/mol. The number of benzene rings is 3. The Morgan fingerprint density at radius 1 is 0.970 bits per heavy atom. The fourth-order valence-electron chi connectivity index (χ4n) is 3.74.